The highest BCUT2D eigenvalue weighted by Gasteiger charge is 2.25. The Labute approximate surface area is 91.3 Å². The van der Waals surface area contributed by atoms with Gasteiger partial charge in [0.05, 0.1) is 0 Å². The molecule has 0 aromatic carbocycles. The summed E-state index contributed by atoms with van der Waals surface area (Å²) in [6.07, 6.45) is 1.79. The number of nitrogens with zero attached hydrogens (tertiary/aromatic N) is 2. The van der Waals surface area contributed by atoms with Crippen molar-refractivity contribution in [2.24, 2.45) is 11.8 Å². The minimum Gasteiger partial charge on any atom is -0.384 e. The molecule has 0 spiro atoms. The van der Waals surface area contributed by atoms with E-state index in [-0.39, 0.29) is 0 Å². The molecule has 1 fully saturated rings. The summed E-state index contributed by atoms with van der Waals surface area (Å²) >= 11 is 0. The number of nitrogen functional groups attached to an aromatic ring is 1. The van der Waals surface area contributed by atoms with Crippen LogP contribution in [0.25, 0.3) is 0 Å². The zero-order valence-electron chi connectivity index (χ0n) is 9.48. The zero-order chi connectivity index (χ0) is 10.8. The van der Waals surface area contributed by atoms with E-state index in [0.29, 0.717) is 5.82 Å². The van der Waals surface area contributed by atoms with Gasteiger partial charge in [-0.3, -0.25) is 4.90 Å². The largest absolute Gasteiger partial charge is 0.384 e. The Morgan fingerprint density at radius 2 is 2.07 bits per heavy atom. The van der Waals surface area contributed by atoms with E-state index in [1.807, 2.05) is 12.1 Å². The van der Waals surface area contributed by atoms with Gasteiger partial charge in [0.1, 0.15) is 5.82 Å². The highest BCUT2D eigenvalue weighted by molar-refractivity contribution is 5.31. The molecule has 1 aliphatic rings. The van der Waals surface area contributed by atoms with Crippen LogP contribution in [0, 0.1) is 11.8 Å². The summed E-state index contributed by atoms with van der Waals surface area (Å²) in [6.45, 7) is 8.05. The van der Waals surface area contributed by atoms with Gasteiger partial charge in [-0.05, 0) is 29.5 Å². The molecule has 1 aromatic rings. The molecule has 0 bridgehead atoms. The number of anilines is 1. The van der Waals surface area contributed by atoms with Crippen LogP contribution in [0.2, 0.25) is 0 Å². The van der Waals surface area contributed by atoms with Gasteiger partial charge in [0.2, 0.25) is 0 Å². The Morgan fingerprint density at radius 1 is 1.40 bits per heavy atom. The molecule has 0 aliphatic carbocycles. The molecule has 0 saturated carbocycles. The standard InChI is InChI=1S/C12H19N3/c1-9-6-15(7-10(9)2)8-11-3-4-14-12(13)5-11/h3-5,9-10H,6-8H2,1-2H3,(H2,13,14). The number of hydrogen-bond donors (Lipinski definition) is 1. The lowest BCUT2D eigenvalue weighted by Crippen LogP contribution is -2.20. The molecule has 1 saturated heterocycles. The lowest BCUT2D eigenvalue weighted by molar-refractivity contribution is 0.316. The van der Waals surface area contributed by atoms with Gasteiger partial charge in [-0.2, -0.15) is 0 Å². The Kier molecular flexibility index (Phi) is 2.91. The highest BCUT2D eigenvalue weighted by atomic mass is 15.1. The average Bonchev–Trinajstić information content (AvgIpc) is 2.45. The van der Waals surface area contributed by atoms with Gasteiger partial charge in [-0.25, -0.2) is 4.98 Å². The van der Waals surface area contributed by atoms with Gasteiger partial charge in [0, 0.05) is 25.8 Å². The van der Waals surface area contributed by atoms with Crippen molar-refractivity contribution in [3.8, 4) is 0 Å². The molecule has 3 nitrogen and oxygen atoms in total. The molecule has 1 aliphatic heterocycles. The first kappa shape index (κ1) is 10.4. The van der Waals surface area contributed by atoms with Crippen molar-refractivity contribution in [1.82, 2.24) is 9.88 Å². The second kappa shape index (κ2) is 4.19. The normalized spacial score (nSPS) is 27.1. The van der Waals surface area contributed by atoms with Crippen LogP contribution in [0.15, 0.2) is 18.3 Å². The van der Waals surface area contributed by atoms with E-state index >= 15 is 0 Å². The molecule has 1 aromatic heterocycles. The minimum absolute atomic E-state index is 0.618. The highest BCUT2D eigenvalue weighted by Crippen LogP contribution is 2.23. The van der Waals surface area contributed by atoms with E-state index in [0.717, 1.165) is 18.4 Å². The predicted octanol–water partition coefficient (Wildman–Crippen LogP) is 1.75. The van der Waals surface area contributed by atoms with E-state index in [9.17, 15) is 0 Å². The van der Waals surface area contributed by atoms with Crippen LogP contribution in [0.4, 0.5) is 5.82 Å². The van der Waals surface area contributed by atoms with Crippen LogP contribution in [0.1, 0.15) is 19.4 Å². The van der Waals surface area contributed by atoms with Crippen LogP contribution in [0.3, 0.4) is 0 Å². The summed E-state index contributed by atoms with van der Waals surface area (Å²) in [5.74, 6) is 2.24. The van der Waals surface area contributed by atoms with E-state index in [2.05, 4.69) is 23.7 Å². The Balaban J connectivity index is 1.98. The van der Waals surface area contributed by atoms with Crippen molar-refractivity contribution in [3.05, 3.63) is 23.9 Å². The number of pyridine rings is 1. The summed E-state index contributed by atoms with van der Waals surface area (Å²) in [5, 5.41) is 0. The van der Waals surface area contributed by atoms with Crippen molar-refractivity contribution in [2.75, 3.05) is 18.8 Å². The number of likely N-dealkylation sites (tertiary alicyclic amines) is 1. The maximum absolute atomic E-state index is 5.66. The maximum atomic E-state index is 5.66. The second-order valence-electron chi connectivity index (χ2n) is 4.74. The van der Waals surface area contributed by atoms with Gasteiger partial charge in [0.25, 0.3) is 0 Å². The molecule has 0 amide bonds. The van der Waals surface area contributed by atoms with Crippen molar-refractivity contribution in [3.63, 3.8) is 0 Å². The monoisotopic (exact) mass is 205 g/mol. The third kappa shape index (κ3) is 2.48. The fourth-order valence-corrected chi connectivity index (χ4v) is 2.23. The molecule has 2 unspecified atom stereocenters. The minimum atomic E-state index is 0.618. The van der Waals surface area contributed by atoms with Crippen molar-refractivity contribution in [1.29, 1.82) is 0 Å². The summed E-state index contributed by atoms with van der Waals surface area (Å²) < 4.78 is 0. The molecule has 82 valence electrons. The van der Waals surface area contributed by atoms with E-state index < -0.39 is 0 Å². The van der Waals surface area contributed by atoms with Crippen LogP contribution >= 0.6 is 0 Å². The molecular formula is C12H19N3. The Morgan fingerprint density at radius 3 is 2.67 bits per heavy atom. The quantitative estimate of drug-likeness (QED) is 0.800. The van der Waals surface area contributed by atoms with Gasteiger partial charge in [-0.1, -0.05) is 13.8 Å². The third-order valence-corrected chi connectivity index (χ3v) is 3.32. The van der Waals surface area contributed by atoms with Crippen LogP contribution in [-0.2, 0) is 6.54 Å². The fourth-order valence-electron chi connectivity index (χ4n) is 2.23. The van der Waals surface area contributed by atoms with Gasteiger partial charge < -0.3 is 5.73 Å². The number of hydrogen-bond acceptors (Lipinski definition) is 3. The summed E-state index contributed by atoms with van der Waals surface area (Å²) in [4.78, 5) is 6.49. The summed E-state index contributed by atoms with van der Waals surface area (Å²) in [7, 11) is 0. The van der Waals surface area contributed by atoms with Gasteiger partial charge in [-0.15, -0.1) is 0 Å². The Bertz CT molecular complexity index is 327. The smallest absolute Gasteiger partial charge is 0.123 e. The number of rotatable bonds is 2. The lowest BCUT2D eigenvalue weighted by atomic mass is 10.0. The average molecular weight is 205 g/mol. The fraction of sp³-hybridized carbons (Fsp3) is 0.583. The van der Waals surface area contributed by atoms with Crippen molar-refractivity contribution < 1.29 is 0 Å². The van der Waals surface area contributed by atoms with E-state index in [4.69, 9.17) is 5.73 Å². The van der Waals surface area contributed by atoms with Gasteiger partial charge >= 0.3 is 0 Å². The zero-order valence-corrected chi connectivity index (χ0v) is 9.48. The number of aromatic nitrogens is 1. The molecular weight excluding hydrogens is 186 g/mol. The molecule has 2 N–H and O–H groups in total. The summed E-state index contributed by atoms with van der Waals surface area (Å²) in [5.41, 5.74) is 6.93. The molecule has 2 atom stereocenters. The van der Waals surface area contributed by atoms with Crippen molar-refractivity contribution in [2.45, 2.75) is 20.4 Å². The van der Waals surface area contributed by atoms with Crippen molar-refractivity contribution >= 4 is 5.82 Å². The SMILES string of the molecule is CC1CN(Cc2ccnc(N)c2)CC1C. The molecule has 3 heteroatoms. The van der Waals surface area contributed by atoms with Crippen LogP contribution < -0.4 is 5.73 Å². The first-order valence-corrected chi connectivity index (χ1v) is 5.58. The van der Waals surface area contributed by atoms with E-state index in [1.165, 1.54) is 18.7 Å². The summed E-state index contributed by atoms with van der Waals surface area (Å²) in [6, 6.07) is 4.01. The maximum Gasteiger partial charge on any atom is 0.123 e. The van der Waals surface area contributed by atoms with Crippen LogP contribution in [0.5, 0.6) is 0 Å². The predicted molar refractivity (Wildman–Crippen MR) is 62.3 cm³/mol. The topological polar surface area (TPSA) is 42.2 Å². The lowest BCUT2D eigenvalue weighted by Gasteiger charge is -2.15. The molecule has 2 rings (SSSR count). The van der Waals surface area contributed by atoms with E-state index in [1.54, 1.807) is 6.20 Å². The van der Waals surface area contributed by atoms with Crippen LogP contribution in [-0.4, -0.2) is 23.0 Å². The first-order valence-electron chi connectivity index (χ1n) is 5.58. The Hall–Kier alpha value is -1.09. The third-order valence-electron chi connectivity index (χ3n) is 3.32. The second-order valence-corrected chi connectivity index (χ2v) is 4.74. The molecule has 0 radical (unpaired) electrons. The first-order chi connectivity index (χ1) is 7.15. The van der Waals surface area contributed by atoms with Gasteiger partial charge in [0.15, 0.2) is 0 Å². The number of nitrogens with two attached hydrogens (primary N) is 1. The molecule has 2 heterocycles. The molecule has 15 heavy (non-hydrogen) atoms.